The minimum atomic E-state index is -0.0828. The van der Waals surface area contributed by atoms with Gasteiger partial charge in [-0.2, -0.15) is 0 Å². The lowest BCUT2D eigenvalue weighted by atomic mass is 9.85. The van der Waals surface area contributed by atoms with Gasteiger partial charge in [0.15, 0.2) is 5.78 Å². The summed E-state index contributed by atoms with van der Waals surface area (Å²) in [6.07, 6.45) is 2.59. The highest BCUT2D eigenvalue weighted by Gasteiger charge is 2.27. The SMILES string of the molecule is CC1(C)Cc2ccccc2C(=CC(=O)c2ccccc2Cl)N1. The predicted octanol–water partition coefficient (Wildman–Crippen LogP) is 4.49. The maximum atomic E-state index is 12.6. The summed E-state index contributed by atoms with van der Waals surface area (Å²) in [5, 5.41) is 3.95. The van der Waals surface area contributed by atoms with Gasteiger partial charge in [-0.3, -0.25) is 4.79 Å². The fourth-order valence-electron chi connectivity index (χ4n) is 2.87. The monoisotopic (exact) mass is 311 g/mol. The number of hydrogen-bond donors (Lipinski definition) is 1. The van der Waals surface area contributed by atoms with Gasteiger partial charge in [0, 0.05) is 28.4 Å². The Morgan fingerprint density at radius 3 is 2.59 bits per heavy atom. The highest BCUT2D eigenvalue weighted by Crippen LogP contribution is 2.30. The van der Waals surface area contributed by atoms with Crippen molar-refractivity contribution in [2.24, 2.45) is 0 Å². The number of rotatable bonds is 2. The van der Waals surface area contributed by atoms with Crippen molar-refractivity contribution in [1.82, 2.24) is 5.32 Å². The topological polar surface area (TPSA) is 29.1 Å². The minimum absolute atomic E-state index is 0.0824. The van der Waals surface area contributed by atoms with Crippen molar-refractivity contribution in [3.63, 3.8) is 0 Å². The number of hydrogen-bond acceptors (Lipinski definition) is 2. The average molecular weight is 312 g/mol. The Morgan fingerprint density at radius 1 is 1.14 bits per heavy atom. The Kier molecular flexibility index (Phi) is 3.79. The van der Waals surface area contributed by atoms with E-state index >= 15 is 0 Å². The maximum Gasteiger partial charge on any atom is 0.189 e. The number of nitrogens with one attached hydrogen (secondary N) is 1. The van der Waals surface area contributed by atoms with Gasteiger partial charge in [-0.1, -0.05) is 48.0 Å². The summed E-state index contributed by atoms with van der Waals surface area (Å²) >= 11 is 6.12. The summed E-state index contributed by atoms with van der Waals surface area (Å²) in [4.78, 5) is 12.6. The van der Waals surface area contributed by atoms with E-state index in [2.05, 4.69) is 25.2 Å². The molecule has 0 atom stereocenters. The van der Waals surface area contributed by atoms with Crippen LogP contribution in [0.5, 0.6) is 0 Å². The van der Waals surface area contributed by atoms with Gasteiger partial charge in [0.05, 0.1) is 5.02 Å². The summed E-state index contributed by atoms with van der Waals surface area (Å²) in [5.41, 5.74) is 3.64. The zero-order valence-corrected chi connectivity index (χ0v) is 13.4. The molecule has 1 aliphatic rings. The Labute approximate surface area is 135 Å². The van der Waals surface area contributed by atoms with Gasteiger partial charge in [-0.15, -0.1) is 0 Å². The summed E-state index contributed by atoms with van der Waals surface area (Å²) in [5.74, 6) is -0.0828. The third kappa shape index (κ3) is 2.93. The van der Waals surface area contributed by atoms with E-state index < -0.39 is 0 Å². The first-order chi connectivity index (χ1) is 10.5. The third-order valence-corrected chi connectivity index (χ3v) is 4.16. The molecule has 0 fully saturated rings. The second-order valence-corrected chi connectivity index (χ2v) is 6.65. The predicted molar refractivity (Wildman–Crippen MR) is 91.1 cm³/mol. The molecular formula is C19H18ClNO. The summed E-state index contributed by atoms with van der Waals surface area (Å²) in [6, 6.07) is 15.3. The molecule has 112 valence electrons. The van der Waals surface area contributed by atoms with Crippen molar-refractivity contribution in [2.45, 2.75) is 25.8 Å². The van der Waals surface area contributed by atoms with E-state index in [-0.39, 0.29) is 11.3 Å². The lowest BCUT2D eigenvalue weighted by Crippen LogP contribution is -2.43. The highest BCUT2D eigenvalue weighted by molar-refractivity contribution is 6.34. The molecule has 0 saturated carbocycles. The molecule has 0 saturated heterocycles. The molecule has 0 unspecified atom stereocenters. The molecule has 0 bridgehead atoms. The molecule has 0 radical (unpaired) electrons. The number of carbonyl (C=O) groups is 1. The Morgan fingerprint density at radius 2 is 1.82 bits per heavy atom. The first-order valence-corrected chi connectivity index (χ1v) is 7.71. The molecule has 3 heteroatoms. The molecule has 22 heavy (non-hydrogen) atoms. The van der Waals surface area contributed by atoms with Crippen LogP contribution in [0.3, 0.4) is 0 Å². The van der Waals surface area contributed by atoms with E-state index in [1.54, 1.807) is 18.2 Å². The van der Waals surface area contributed by atoms with Crippen LogP contribution in [0.2, 0.25) is 5.02 Å². The van der Waals surface area contributed by atoms with Gasteiger partial charge in [0.2, 0.25) is 0 Å². The number of allylic oxidation sites excluding steroid dienone is 1. The van der Waals surface area contributed by atoms with Gasteiger partial charge in [-0.05, 0) is 38.0 Å². The fourth-order valence-corrected chi connectivity index (χ4v) is 3.10. The smallest absolute Gasteiger partial charge is 0.189 e. The summed E-state index contributed by atoms with van der Waals surface area (Å²) in [7, 11) is 0. The van der Waals surface area contributed by atoms with E-state index in [1.165, 1.54) is 5.56 Å². The van der Waals surface area contributed by atoms with E-state index in [0.29, 0.717) is 10.6 Å². The standard InChI is InChI=1S/C19H18ClNO/c1-19(2)12-13-7-3-4-8-14(13)17(21-19)11-18(22)15-9-5-6-10-16(15)20/h3-11,21H,12H2,1-2H3. The van der Waals surface area contributed by atoms with E-state index in [9.17, 15) is 4.79 Å². The van der Waals surface area contributed by atoms with Crippen LogP contribution in [0.4, 0.5) is 0 Å². The molecular weight excluding hydrogens is 294 g/mol. The molecule has 1 aliphatic heterocycles. The van der Waals surface area contributed by atoms with Gasteiger partial charge < -0.3 is 5.32 Å². The first-order valence-electron chi connectivity index (χ1n) is 7.33. The van der Waals surface area contributed by atoms with Crippen molar-refractivity contribution in [3.05, 3.63) is 76.3 Å². The molecule has 0 spiro atoms. The summed E-state index contributed by atoms with van der Waals surface area (Å²) in [6.45, 7) is 4.27. The van der Waals surface area contributed by atoms with Crippen LogP contribution in [0, 0.1) is 0 Å². The maximum absolute atomic E-state index is 12.6. The molecule has 0 aromatic heterocycles. The van der Waals surface area contributed by atoms with Crippen LogP contribution >= 0.6 is 11.6 Å². The van der Waals surface area contributed by atoms with E-state index in [4.69, 9.17) is 11.6 Å². The zero-order chi connectivity index (χ0) is 15.7. The van der Waals surface area contributed by atoms with Crippen LogP contribution in [-0.4, -0.2) is 11.3 Å². The number of ketones is 1. The molecule has 1 N–H and O–H groups in total. The Bertz CT molecular complexity index is 762. The van der Waals surface area contributed by atoms with E-state index in [0.717, 1.165) is 17.7 Å². The average Bonchev–Trinajstić information content (AvgIpc) is 2.46. The molecule has 2 nitrogen and oxygen atoms in total. The fraction of sp³-hybridized carbons (Fsp3) is 0.211. The van der Waals surface area contributed by atoms with Crippen molar-refractivity contribution >= 4 is 23.1 Å². The number of fused-ring (bicyclic) bond motifs is 1. The normalized spacial score (nSPS) is 17.7. The second-order valence-electron chi connectivity index (χ2n) is 6.24. The molecule has 3 rings (SSSR count). The van der Waals surface area contributed by atoms with Crippen LogP contribution < -0.4 is 5.32 Å². The first kappa shape index (κ1) is 14.9. The summed E-state index contributed by atoms with van der Waals surface area (Å²) < 4.78 is 0. The lowest BCUT2D eigenvalue weighted by molar-refractivity contribution is 0.104. The molecule has 1 heterocycles. The van der Waals surface area contributed by atoms with Crippen LogP contribution in [0.25, 0.3) is 5.70 Å². The van der Waals surface area contributed by atoms with Gasteiger partial charge in [0.1, 0.15) is 0 Å². The van der Waals surface area contributed by atoms with Crippen LogP contribution in [-0.2, 0) is 6.42 Å². The lowest BCUT2D eigenvalue weighted by Gasteiger charge is -2.35. The largest absolute Gasteiger partial charge is 0.379 e. The minimum Gasteiger partial charge on any atom is -0.379 e. The van der Waals surface area contributed by atoms with Crippen molar-refractivity contribution in [3.8, 4) is 0 Å². The van der Waals surface area contributed by atoms with Gasteiger partial charge in [-0.25, -0.2) is 0 Å². The Balaban J connectivity index is 2.04. The van der Waals surface area contributed by atoms with Crippen molar-refractivity contribution in [1.29, 1.82) is 0 Å². The second kappa shape index (κ2) is 5.62. The van der Waals surface area contributed by atoms with Gasteiger partial charge in [0.25, 0.3) is 0 Å². The van der Waals surface area contributed by atoms with Crippen molar-refractivity contribution in [2.75, 3.05) is 0 Å². The molecule has 0 amide bonds. The zero-order valence-electron chi connectivity index (χ0n) is 12.7. The van der Waals surface area contributed by atoms with Crippen molar-refractivity contribution < 1.29 is 4.79 Å². The molecule has 2 aromatic rings. The number of benzene rings is 2. The van der Waals surface area contributed by atoms with Gasteiger partial charge >= 0.3 is 0 Å². The Hall–Kier alpha value is -2.06. The van der Waals surface area contributed by atoms with Crippen LogP contribution in [0.1, 0.15) is 35.3 Å². The van der Waals surface area contributed by atoms with E-state index in [1.807, 2.05) is 30.3 Å². The number of carbonyl (C=O) groups excluding carboxylic acids is 1. The van der Waals surface area contributed by atoms with Crippen LogP contribution in [0.15, 0.2) is 54.6 Å². The molecule has 0 aliphatic carbocycles. The third-order valence-electron chi connectivity index (χ3n) is 3.83. The molecule has 2 aromatic carbocycles. The highest BCUT2D eigenvalue weighted by atomic mass is 35.5. The number of halogens is 1. The quantitative estimate of drug-likeness (QED) is 0.654.